The van der Waals surface area contributed by atoms with Crippen LogP contribution >= 0.6 is 11.5 Å². The Bertz CT molecular complexity index is 556. The molecule has 20 heavy (non-hydrogen) atoms. The van der Waals surface area contributed by atoms with E-state index in [1.54, 1.807) is 6.92 Å². The molecule has 1 atom stereocenters. The molecule has 0 amide bonds. The maximum absolute atomic E-state index is 12.1. The number of nitrogen functional groups attached to an aromatic ring is 1. The fraction of sp³-hybridized carbons (Fsp3) is 0.750. The number of hydrogen-bond donors (Lipinski definition) is 2. The first-order chi connectivity index (χ1) is 9.49. The van der Waals surface area contributed by atoms with Crippen molar-refractivity contribution in [1.82, 2.24) is 9.27 Å². The second-order valence-electron chi connectivity index (χ2n) is 4.94. The van der Waals surface area contributed by atoms with Gasteiger partial charge >= 0.3 is 0 Å². The highest BCUT2D eigenvalue weighted by molar-refractivity contribution is 7.91. The molecule has 1 aliphatic heterocycles. The summed E-state index contributed by atoms with van der Waals surface area (Å²) in [7, 11) is -3.33. The molecule has 114 valence electrons. The molecular weight excluding hydrogens is 296 g/mol. The van der Waals surface area contributed by atoms with E-state index < -0.39 is 9.84 Å². The fourth-order valence-corrected chi connectivity index (χ4v) is 4.78. The third-order valence-corrected chi connectivity index (χ3v) is 6.51. The van der Waals surface area contributed by atoms with Gasteiger partial charge in [0.1, 0.15) is 9.90 Å². The maximum atomic E-state index is 12.1. The number of sulfone groups is 1. The number of likely N-dealkylation sites (tertiary alicyclic amines) is 1. The number of nitrogens with one attached hydrogen (secondary N) is 1. The highest BCUT2D eigenvalue weighted by Gasteiger charge is 2.26. The summed E-state index contributed by atoms with van der Waals surface area (Å²) < 4.78 is 28.1. The van der Waals surface area contributed by atoms with Crippen molar-refractivity contribution in [3.8, 4) is 0 Å². The van der Waals surface area contributed by atoms with Crippen LogP contribution in [0.5, 0.6) is 0 Å². The lowest BCUT2D eigenvalue weighted by molar-refractivity contribution is 0.277. The van der Waals surface area contributed by atoms with Crippen molar-refractivity contribution in [2.45, 2.75) is 37.6 Å². The number of nitrogens with two attached hydrogens (primary N) is 1. The molecule has 1 fully saturated rings. The standard InChI is InChI=1S/C12H22N4O2S2/c1-3-16-7-5-6-9(16)8-14-12-10(11(13)15-19-12)20(17,18)4-2/h9,14H,3-8H2,1-2H3,(H2,13,15). The van der Waals surface area contributed by atoms with Crippen LogP contribution in [0.1, 0.15) is 26.7 Å². The fourth-order valence-electron chi connectivity index (χ4n) is 2.60. The molecule has 3 N–H and O–H groups in total. The van der Waals surface area contributed by atoms with Crippen molar-refractivity contribution >= 4 is 32.2 Å². The molecule has 2 heterocycles. The third kappa shape index (κ3) is 3.07. The maximum Gasteiger partial charge on any atom is 0.184 e. The van der Waals surface area contributed by atoms with Gasteiger partial charge in [-0.2, -0.15) is 4.37 Å². The van der Waals surface area contributed by atoms with Gasteiger partial charge in [-0.3, -0.25) is 4.90 Å². The van der Waals surface area contributed by atoms with E-state index in [0.29, 0.717) is 11.0 Å². The van der Waals surface area contributed by atoms with Crippen LogP contribution in [0.3, 0.4) is 0 Å². The minimum atomic E-state index is -3.33. The Balaban J connectivity index is 2.11. The Morgan fingerprint density at radius 3 is 2.90 bits per heavy atom. The Morgan fingerprint density at radius 1 is 1.50 bits per heavy atom. The lowest BCUT2D eigenvalue weighted by atomic mass is 10.2. The molecular formula is C12H22N4O2S2. The highest BCUT2D eigenvalue weighted by atomic mass is 32.2. The van der Waals surface area contributed by atoms with Crippen molar-refractivity contribution in [2.75, 3.05) is 36.4 Å². The van der Waals surface area contributed by atoms with E-state index in [4.69, 9.17) is 5.73 Å². The van der Waals surface area contributed by atoms with Crippen LogP contribution in [-0.2, 0) is 9.84 Å². The monoisotopic (exact) mass is 318 g/mol. The summed E-state index contributed by atoms with van der Waals surface area (Å²) >= 11 is 1.13. The van der Waals surface area contributed by atoms with Crippen LogP contribution in [-0.4, -0.2) is 49.1 Å². The lowest BCUT2D eigenvalue weighted by Crippen LogP contribution is -2.34. The van der Waals surface area contributed by atoms with Gasteiger partial charge in [-0.25, -0.2) is 8.42 Å². The van der Waals surface area contributed by atoms with Crippen molar-refractivity contribution in [3.63, 3.8) is 0 Å². The third-order valence-electron chi connectivity index (χ3n) is 3.77. The van der Waals surface area contributed by atoms with Crippen LogP contribution in [0.25, 0.3) is 0 Å². The first-order valence-electron chi connectivity index (χ1n) is 6.95. The summed E-state index contributed by atoms with van der Waals surface area (Å²) in [5.41, 5.74) is 5.71. The number of hydrogen-bond acceptors (Lipinski definition) is 7. The highest BCUT2D eigenvalue weighted by Crippen LogP contribution is 2.32. The number of anilines is 2. The van der Waals surface area contributed by atoms with E-state index in [2.05, 4.69) is 21.5 Å². The molecule has 2 rings (SSSR count). The molecule has 1 aliphatic rings. The average Bonchev–Trinajstić information content (AvgIpc) is 3.02. The van der Waals surface area contributed by atoms with Gasteiger partial charge in [0, 0.05) is 12.6 Å². The van der Waals surface area contributed by atoms with Gasteiger partial charge in [0.25, 0.3) is 0 Å². The molecule has 0 spiro atoms. The summed E-state index contributed by atoms with van der Waals surface area (Å²) in [4.78, 5) is 2.58. The molecule has 0 saturated carbocycles. The topological polar surface area (TPSA) is 88.3 Å². The molecule has 1 aromatic heterocycles. The van der Waals surface area contributed by atoms with Crippen molar-refractivity contribution in [1.29, 1.82) is 0 Å². The zero-order valence-corrected chi connectivity index (χ0v) is 13.6. The van der Waals surface area contributed by atoms with Crippen LogP contribution in [0.15, 0.2) is 4.90 Å². The smallest absolute Gasteiger partial charge is 0.184 e. The first kappa shape index (κ1) is 15.5. The number of nitrogens with zero attached hydrogens (tertiary/aromatic N) is 2. The number of rotatable bonds is 6. The van der Waals surface area contributed by atoms with Gasteiger partial charge < -0.3 is 11.1 Å². The van der Waals surface area contributed by atoms with Crippen LogP contribution in [0, 0.1) is 0 Å². The number of aromatic nitrogens is 1. The molecule has 6 nitrogen and oxygen atoms in total. The molecule has 1 saturated heterocycles. The van der Waals surface area contributed by atoms with Gasteiger partial charge in [-0.1, -0.05) is 13.8 Å². The van der Waals surface area contributed by atoms with Gasteiger partial charge in [-0.05, 0) is 37.5 Å². The molecule has 0 aliphatic carbocycles. The van der Waals surface area contributed by atoms with E-state index in [9.17, 15) is 8.42 Å². The average molecular weight is 318 g/mol. The van der Waals surface area contributed by atoms with Crippen molar-refractivity contribution in [3.05, 3.63) is 0 Å². The largest absolute Gasteiger partial charge is 0.382 e. The van der Waals surface area contributed by atoms with E-state index in [1.807, 2.05) is 0 Å². The molecule has 1 aromatic rings. The van der Waals surface area contributed by atoms with E-state index in [1.165, 1.54) is 6.42 Å². The van der Waals surface area contributed by atoms with E-state index in [0.717, 1.165) is 37.6 Å². The summed E-state index contributed by atoms with van der Waals surface area (Å²) in [5.74, 6) is 0.146. The van der Waals surface area contributed by atoms with Gasteiger partial charge in [0.15, 0.2) is 15.7 Å². The summed E-state index contributed by atoms with van der Waals surface area (Å²) in [6, 6.07) is 0.459. The Morgan fingerprint density at radius 2 is 2.25 bits per heavy atom. The second-order valence-corrected chi connectivity index (χ2v) is 7.92. The minimum Gasteiger partial charge on any atom is -0.382 e. The predicted octanol–water partition coefficient (Wildman–Crippen LogP) is 1.42. The van der Waals surface area contributed by atoms with Gasteiger partial charge in [0.2, 0.25) is 0 Å². The van der Waals surface area contributed by atoms with Gasteiger partial charge in [-0.15, -0.1) is 0 Å². The molecule has 0 aromatic carbocycles. The normalized spacial score (nSPS) is 20.4. The quantitative estimate of drug-likeness (QED) is 0.824. The van der Waals surface area contributed by atoms with E-state index in [-0.39, 0.29) is 16.5 Å². The van der Waals surface area contributed by atoms with Crippen LogP contribution < -0.4 is 11.1 Å². The van der Waals surface area contributed by atoms with Crippen LogP contribution in [0.2, 0.25) is 0 Å². The number of likely N-dealkylation sites (N-methyl/N-ethyl adjacent to an activating group) is 1. The Labute approximate surface area is 124 Å². The Kier molecular flexibility index (Phi) is 4.87. The van der Waals surface area contributed by atoms with Crippen molar-refractivity contribution < 1.29 is 8.42 Å². The second kappa shape index (κ2) is 6.28. The molecule has 0 bridgehead atoms. The summed E-state index contributed by atoms with van der Waals surface area (Å²) in [6.07, 6.45) is 2.34. The van der Waals surface area contributed by atoms with Crippen molar-refractivity contribution in [2.24, 2.45) is 0 Å². The van der Waals surface area contributed by atoms with E-state index >= 15 is 0 Å². The molecule has 0 radical (unpaired) electrons. The zero-order chi connectivity index (χ0) is 14.8. The predicted molar refractivity (Wildman–Crippen MR) is 83.0 cm³/mol. The van der Waals surface area contributed by atoms with Gasteiger partial charge in [0.05, 0.1) is 5.75 Å². The lowest BCUT2D eigenvalue weighted by Gasteiger charge is -2.23. The Hall–Kier alpha value is -0.860. The van der Waals surface area contributed by atoms with Crippen LogP contribution in [0.4, 0.5) is 10.8 Å². The zero-order valence-electron chi connectivity index (χ0n) is 11.9. The summed E-state index contributed by atoms with van der Waals surface area (Å²) in [6.45, 7) is 6.65. The molecule has 1 unspecified atom stereocenters. The molecule has 8 heteroatoms. The SMILES string of the molecule is CCN1CCCC1CNc1snc(N)c1S(=O)(=O)CC. The first-order valence-corrected chi connectivity index (χ1v) is 9.38. The minimum absolute atomic E-state index is 0.0365. The summed E-state index contributed by atoms with van der Waals surface area (Å²) in [5, 5.41) is 3.81.